The van der Waals surface area contributed by atoms with Crippen molar-refractivity contribution in [3.8, 4) is 5.75 Å². The first kappa shape index (κ1) is 20.4. The van der Waals surface area contributed by atoms with Crippen LogP contribution in [0.4, 0.5) is 5.69 Å². The molecule has 0 radical (unpaired) electrons. The summed E-state index contributed by atoms with van der Waals surface area (Å²) >= 11 is 0. The Labute approximate surface area is 168 Å². The van der Waals surface area contributed by atoms with Crippen LogP contribution in [0.15, 0.2) is 54.6 Å². The van der Waals surface area contributed by atoms with Gasteiger partial charge in [-0.25, -0.2) is 0 Å². The number of carbonyl (C=O) groups is 1. The normalized spacial score (nSPS) is 16.0. The number of benzene rings is 2. The van der Waals surface area contributed by atoms with Gasteiger partial charge in [0.25, 0.3) is 5.91 Å². The van der Waals surface area contributed by atoms with Gasteiger partial charge >= 0.3 is 0 Å². The lowest BCUT2D eigenvalue weighted by Crippen LogP contribution is -2.34. The van der Waals surface area contributed by atoms with Crippen molar-refractivity contribution in [2.24, 2.45) is 0 Å². The monoisotopic (exact) mass is 380 g/mol. The van der Waals surface area contributed by atoms with E-state index in [1.807, 2.05) is 55.5 Å². The SMILES string of the molecule is CC[C@H](Oc1ccccc1)C(=O)Nc1ccccc1CN(C)C1CCCCC1. The van der Waals surface area contributed by atoms with Gasteiger partial charge in [0.15, 0.2) is 6.10 Å². The fourth-order valence-corrected chi connectivity index (χ4v) is 3.90. The largest absolute Gasteiger partial charge is 0.481 e. The van der Waals surface area contributed by atoms with Crippen molar-refractivity contribution in [1.82, 2.24) is 4.90 Å². The number of nitrogens with one attached hydrogen (secondary N) is 1. The first-order valence-electron chi connectivity index (χ1n) is 10.5. The number of hydrogen-bond donors (Lipinski definition) is 1. The highest BCUT2D eigenvalue weighted by molar-refractivity contribution is 5.95. The Balaban J connectivity index is 1.65. The van der Waals surface area contributed by atoms with Gasteiger partial charge in [-0.15, -0.1) is 0 Å². The maximum absolute atomic E-state index is 12.8. The third kappa shape index (κ3) is 5.59. The summed E-state index contributed by atoms with van der Waals surface area (Å²) in [4.78, 5) is 15.3. The predicted octanol–water partition coefficient (Wildman–Crippen LogP) is 5.25. The van der Waals surface area contributed by atoms with Crippen molar-refractivity contribution in [3.63, 3.8) is 0 Å². The standard InChI is InChI=1S/C24H32N2O2/c1-3-23(28-21-15-8-5-9-16-21)24(27)25-22-17-11-10-12-19(22)18-26(2)20-13-6-4-7-14-20/h5,8-12,15-17,20,23H,3-4,6-7,13-14,18H2,1-2H3,(H,25,27)/t23-/m0/s1. The van der Waals surface area contributed by atoms with Crippen LogP contribution < -0.4 is 10.1 Å². The molecule has 0 aliphatic heterocycles. The minimum absolute atomic E-state index is 0.0980. The highest BCUT2D eigenvalue weighted by Gasteiger charge is 2.21. The minimum Gasteiger partial charge on any atom is -0.481 e. The fraction of sp³-hybridized carbons (Fsp3) is 0.458. The molecule has 4 nitrogen and oxygen atoms in total. The molecule has 0 unspecified atom stereocenters. The maximum atomic E-state index is 12.8. The van der Waals surface area contributed by atoms with E-state index >= 15 is 0 Å². The molecule has 0 bridgehead atoms. The smallest absolute Gasteiger partial charge is 0.265 e. The summed E-state index contributed by atoms with van der Waals surface area (Å²) in [5.74, 6) is 0.619. The molecule has 1 atom stereocenters. The van der Waals surface area contributed by atoms with Crippen LogP contribution in [0, 0.1) is 0 Å². The quantitative estimate of drug-likeness (QED) is 0.680. The average molecular weight is 381 g/mol. The van der Waals surface area contributed by atoms with E-state index in [0.717, 1.165) is 23.5 Å². The Morgan fingerprint density at radius 1 is 1.07 bits per heavy atom. The van der Waals surface area contributed by atoms with E-state index in [9.17, 15) is 4.79 Å². The molecule has 2 aromatic rings. The van der Waals surface area contributed by atoms with Crippen LogP contribution in [-0.2, 0) is 11.3 Å². The molecule has 1 saturated carbocycles. The maximum Gasteiger partial charge on any atom is 0.265 e. The summed E-state index contributed by atoms with van der Waals surface area (Å²) in [5, 5.41) is 3.10. The molecule has 0 saturated heterocycles. The molecule has 0 aromatic heterocycles. The Bertz CT molecular complexity index is 741. The van der Waals surface area contributed by atoms with Gasteiger partial charge < -0.3 is 10.1 Å². The third-order valence-electron chi connectivity index (χ3n) is 5.58. The van der Waals surface area contributed by atoms with Gasteiger partial charge in [0.05, 0.1) is 0 Å². The summed E-state index contributed by atoms with van der Waals surface area (Å²) in [7, 11) is 2.20. The van der Waals surface area contributed by atoms with E-state index in [0.29, 0.717) is 12.5 Å². The van der Waals surface area contributed by atoms with Crippen LogP contribution in [-0.4, -0.2) is 30.0 Å². The van der Waals surface area contributed by atoms with Crippen LogP contribution in [0.2, 0.25) is 0 Å². The van der Waals surface area contributed by atoms with Crippen molar-refractivity contribution < 1.29 is 9.53 Å². The number of rotatable bonds is 8. The molecule has 28 heavy (non-hydrogen) atoms. The van der Waals surface area contributed by atoms with Gasteiger partial charge in [-0.05, 0) is 50.1 Å². The van der Waals surface area contributed by atoms with E-state index in [4.69, 9.17) is 4.74 Å². The summed E-state index contributed by atoms with van der Waals surface area (Å²) in [6.07, 6.45) is 6.65. The van der Waals surface area contributed by atoms with Crippen LogP contribution >= 0.6 is 0 Å². The van der Waals surface area contributed by atoms with E-state index in [2.05, 4.69) is 23.3 Å². The van der Waals surface area contributed by atoms with Crippen molar-refractivity contribution in [3.05, 3.63) is 60.2 Å². The molecule has 4 heteroatoms. The highest BCUT2D eigenvalue weighted by Crippen LogP contribution is 2.25. The van der Waals surface area contributed by atoms with Crippen molar-refractivity contribution in [1.29, 1.82) is 0 Å². The Morgan fingerprint density at radius 3 is 2.46 bits per heavy atom. The molecule has 1 aliphatic carbocycles. The number of carbonyl (C=O) groups excluding carboxylic acids is 1. The molecule has 0 spiro atoms. The number of hydrogen-bond acceptors (Lipinski definition) is 3. The van der Waals surface area contributed by atoms with E-state index in [1.165, 1.54) is 32.1 Å². The molecule has 1 fully saturated rings. The summed E-state index contributed by atoms with van der Waals surface area (Å²) in [5.41, 5.74) is 2.03. The van der Waals surface area contributed by atoms with Crippen LogP contribution in [0.1, 0.15) is 51.0 Å². The number of nitrogens with zero attached hydrogens (tertiary/aromatic N) is 1. The molecule has 1 amide bonds. The lowest BCUT2D eigenvalue weighted by molar-refractivity contribution is -0.122. The molecule has 150 valence electrons. The first-order chi connectivity index (χ1) is 13.7. The number of ether oxygens (including phenoxy) is 1. The van der Waals surface area contributed by atoms with Gasteiger partial charge in [-0.3, -0.25) is 9.69 Å². The minimum atomic E-state index is -0.508. The molecular weight excluding hydrogens is 348 g/mol. The number of para-hydroxylation sites is 2. The van der Waals surface area contributed by atoms with E-state index < -0.39 is 6.10 Å². The number of anilines is 1. The Kier molecular flexibility index (Phi) is 7.49. The summed E-state index contributed by atoms with van der Waals surface area (Å²) in [6.45, 7) is 2.81. The molecule has 0 heterocycles. The van der Waals surface area contributed by atoms with Crippen LogP contribution in [0.25, 0.3) is 0 Å². The molecule has 2 aromatic carbocycles. The Hall–Kier alpha value is -2.33. The second-order valence-electron chi connectivity index (χ2n) is 7.68. The van der Waals surface area contributed by atoms with Gasteiger partial charge in [0, 0.05) is 18.3 Å². The van der Waals surface area contributed by atoms with Gasteiger partial charge in [-0.2, -0.15) is 0 Å². The molecule has 3 rings (SSSR count). The molecule has 1 aliphatic rings. The summed E-state index contributed by atoms with van der Waals surface area (Å²) < 4.78 is 5.89. The van der Waals surface area contributed by atoms with Crippen molar-refractivity contribution >= 4 is 11.6 Å². The fourth-order valence-electron chi connectivity index (χ4n) is 3.90. The Morgan fingerprint density at radius 2 is 1.75 bits per heavy atom. The zero-order valence-corrected chi connectivity index (χ0v) is 17.1. The third-order valence-corrected chi connectivity index (χ3v) is 5.58. The highest BCUT2D eigenvalue weighted by atomic mass is 16.5. The predicted molar refractivity (Wildman–Crippen MR) is 115 cm³/mol. The lowest BCUT2D eigenvalue weighted by Gasteiger charge is -2.31. The van der Waals surface area contributed by atoms with E-state index in [1.54, 1.807) is 0 Å². The van der Waals surface area contributed by atoms with Gasteiger partial charge in [0.2, 0.25) is 0 Å². The van der Waals surface area contributed by atoms with E-state index in [-0.39, 0.29) is 5.91 Å². The zero-order valence-electron chi connectivity index (χ0n) is 17.1. The molecular formula is C24H32N2O2. The summed E-state index contributed by atoms with van der Waals surface area (Å²) in [6, 6.07) is 18.3. The van der Waals surface area contributed by atoms with Crippen LogP contribution in [0.5, 0.6) is 5.75 Å². The van der Waals surface area contributed by atoms with Crippen molar-refractivity contribution in [2.75, 3.05) is 12.4 Å². The molecule has 1 N–H and O–H groups in total. The second-order valence-corrected chi connectivity index (χ2v) is 7.68. The van der Waals surface area contributed by atoms with Gasteiger partial charge in [0.1, 0.15) is 5.75 Å². The first-order valence-corrected chi connectivity index (χ1v) is 10.5. The zero-order chi connectivity index (χ0) is 19.8. The van der Waals surface area contributed by atoms with Crippen LogP contribution in [0.3, 0.4) is 0 Å². The lowest BCUT2D eigenvalue weighted by atomic mass is 9.94. The second kappa shape index (κ2) is 10.3. The van der Waals surface area contributed by atoms with Crippen molar-refractivity contribution in [2.45, 2.75) is 64.1 Å². The van der Waals surface area contributed by atoms with Gasteiger partial charge in [-0.1, -0.05) is 62.6 Å². The number of amides is 1. The topological polar surface area (TPSA) is 41.6 Å². The average Bonchev–Trinajstić information content (AvgIpc) is 2.74.